The number of primary amides is 1. The van der Waals surface area contributed by atoms with Crippen LogP contribution in [0.1, 0.15) is 0 Å². The fraction of sp³-hybridized carbons (Fsp3) is 0.500. The summed E-state index contributed by atoms with van der Waals surface area (Å²) in [5, 5.41) is 0. The Kier molecular flexibility index (Phi) is 4.53. The number of rotatable bonds is 5. The molecule has 0 aliphatic carbocycles. The van der Waals surface area contributed by atoms with Crippen molar-refractivity contribution < 1.29 is 9.53 Å². The number of ether oxygens (including phenoxy) is 1. The van der Waals surface area contributed by atoms with E-state index in [1.54, 1.807) is 6.08 Å². The zero-order valence-electron chi connectivity index (χ0n) is 5.75. The maximum Gasteiger partial charge on any atom is 0.236 e. The van der Waals surface area contributed by atoms with Crippen molar-refractivity contribution in [2.45, 2.75) is 6.04 Å². The van der Waals surface area contributed by atoms with E-state index < -0.39 is 11.9 Å². The van der Waals surface area contributed by atoms with Crippen LogP contribution in [0.25, 0.3) is 0 Å². The Hall–Kier alpha value is -0.870. The summed E-state index contributed by atoms with van der Waals surface area (Å²) in [6.07, 6.45) is 1.58. The predicted octanol–water partition coefficient (Wildman–Crippen LogP) is -0.998. The Morgan fingerprint density at radius 1 is 1.80 bits per heavy atom. The summed E-state index contributed by atoms with van der Waals surface area (Å²) < 4.78 is 4.86. The van der Waals surface area contributed by atoms with Crippen LogP contribution >= 0.6 is 0 Å². The van der Waals surface area contributed by atoms with Crippen LogP contribution < -0.4 is 11.5 Å². The third-order valence-electron chi connectivity index (χ3n) is 0.899. The Balaban J connectivity index is 3.30. The van der Waals surface area contributed by atoms with Gasteiger partial charge in [-0.05, 0) is 0 Å². The molecule has 1 atom stereocenters. The lowest BCUT2D eigenvalue weighted by atomic mass is 10.3. The first kappa shape index (κ1) is 9.13. The highest BCUT2D eigenvalue weighted by atomic mass is 16.5. The first-order chi connectivity index (χ1) is 4.68. The molecule has 4 N–H and O–H groups in total. The van der Waals surface area contributed by atoms with Crippen molar-refractivity contribution in [3.63, 3.8) is 0 Å². The van der Waals surface area contributed by atoms with Crippen molar-refractivity contribution in [1.82, 2.24) is 0 Å². The highest BCUT2D eigenvalue weighted by Gasteiger charge is 2.07. The van der Waals surface area contributed by atoms with Gasteiger partial charge in [-0.2, -0.15) is 0 Å². The van der Waals surface area contributed by atoms with Crippen LogP contribution in [0, 0.1) is 0 Å². The molecule has 4 heteroatoms. The number of hydrogen-bond donors (Lipinski definition) is 2. The van der Waals surface area contributed by atoms with Crippen molar-refractivity contribution >= 4 is 5.91 Å². The van der Waals surface area contributed by atoms with Crippen LogP contribution in [0.4, 0.5) is 0 Å². The van der Waals surface area contributed by atoms with E-state index in [4.69, 9.17) is 16.2 Å². The third-order valence-corrected chi connectivity index (χ3v) is 0.899. The lowest BCUT2D eigenvalue weighted by Crippen LogP contribution is -2.40. The normalized spacial score (nSPS) is 12.5. The Bertz CT molecular complexity index is 125. The van der Waals surface area contributed by atoms with Gasteiger partial charge in [0.25, 0.3) is 0 Å². The third kappa shape index (κ3) is 4.05. The molecular formula is C6H12N2O2. The quantitative estimate of drug-likeness (QED) is 0.384. The van der Waals surface area contributed by atoms with Gasteiger partial charge in [-0.1, -0.05) is 6.08 Å². The average molecular weight is 144 g/mol. The minimum absolute atomic E-state index is 0.154. The van der Waals surface area contributed by atoms with Gasteiger partial charge >= 0.3 is 0 Å². The highest BCUT2D eigenvalue weighted by molar-refractivity contribution is 5.79. The fourth-order valence-electron chi connectivity index (χ4n) is 0.360. The van der Waals surface area contributed by atoms with Crippen molar-refractivity contribution in [2.24, 2.45) is 11.5 Å². The first-order valence-corrected chi connectivity index (χ1v) is 2.92. The fourth-order valence-corrected chi connectivity index (χ4v) is 0.360. The number of carbonyl (C=O) groups is 1. The largest absolute Gasteiger partial charge is 0.375 e. The molecule has 0 aliphatic rings. The molecule has 4 nitrogen and oxygen atoms in total. The molecule has 1 amide bonds. The summed E-state index contributed by atoms with van der Waals surface area (Å²) in [5.41, 5.74) is 10.1. The summed E-state index contributed by atoms with van der Waals surface area (Å²) in [5.74, 6) is -0.552. The van der Waals surface area contributed by atoms with E-state index in [0.717, 1.165) is 0 Å². The monoisotopic (exact) mass is 144 g/mol. The molecule has 0 aromatic carbocycles. The molecule has 10 heavy (non-hydrogen) atoms. The van der Waals surface area contributed by atoms with Crippen molar-refractivity contribution in [3.05, 3.63) is 12.7 Å². The van der Waals surface area contributed by atoms with Crippen LogP contribution in [0.3, 0.4) is 0 Å². The molecule has 58 valence electrons. The van der Waals surface area contributed by atoms with Crippen LogP contribution in [0.2, 0.25) is 0 Å². The van der Waals surface area contributed by atoms with E-state index in [1.165, 1.54) is 0 Å². The van der Waals surface area contributed by atoms with E-state index in [9.17, 15) is 4.79 Å². The maximum atomic E-state index is 10.3. The first-order valence-electron chi connectivity index (χ1n) is 2.92. The van der Waals surface area contributed by atoms with Gasteiger partial charge in [0.1, 0.15) is 6.04 Å². The Morgan fingerprint density at radius 2 is 2.40 bits per heavy atom. The molecule has 0 saturated carbocycles. The zero-order chi connectivity index (χ0) is 7.98. The van der Waals surface area contributed by atoms with Gasteiger partial charge in [0.2, 0.25) is 5.91 Å². The van der Waals surface area contributed by atoms with Crippen molar-refractivity contribution in [2.75, 3.05) is 13.2 Å². The van der Waals surface area contributed by atoms with Crippen LogP contribution in [0.15, 0.2) is 12.7 Å². The standard InChI is InChI=1S/C6H12N2O2/c1-2-3-10-4-5(7)6(8)9/h2,5H,1,3-4,7H2,(H2,8,9). The van der Waals surface area contributed by atoms with Crippen LogP contribution in [0.5, 0.6) is 0 Å². The second kappa shape index (κ2) is 4.96. The zero-order valence-corrected chi connectivity index (χ0v) is 5.75. The molecule has 0 bridgehead atoms. The molecule has 0 rings (SSSR count). The van der Waals surface area contributed by atoms with Gasteiger partial charge < -0.3 is 16.2 Å². The topological polar surface area (TPSA) is 78.3 Å². The molecule has 0 saturated heterocycles. The van der Waals surface area contributed by atoms with E-state index in [-0.39, 0.29) is 6.61 Å². The van der Waals surface area contributed by atoms with Gasteiger partial charge in [-0.25, -0.2) is 0 Å². The molecular weight excluding hydrogens is 132 g/mol. The molecule has 0 aromatic heterocycles. The van der Waals surface area contributed by atoms with Gasteiger partial charge in [0.15, 0.2) is 0 Å². The Labute approximate surface area is 59.8 Å². The van der Waals surface area contributed by atoms with E-state index in [2.05, 4.69) is 6.58 Å². The summed E-state index contributed by atoms with van der Waals surface area (Å²) >= 11 is 0. The number of amides is 1. The van der Waals surface area contributed by atoms with Crippen LogP contribution in [-0.4, -0.2) is 25.2 Å². The van der Waals surface area contributed by atoms with Gasteiger partial charge in [0, 0.05) is 0 Å². The van der Waals surface area contributed by atoms with Crippen LogP contribution in [-0.2, 0) is 9.53 Å². The molecule has 0 aromatic rings. The van der Waals surface area contributed by atoms with Gasteiger partial charge in [-0.3, -0.25) is 4.79 Å². The van der Waals surface area contributed by atoms with Gasteiger partial charge in [-0.15, -0.1) is 6.58 Å². The minimum Gasteiger partial charge on any atom is -0.375 e. The summed E-state index contributed by atoms with van der Waals surface area (Å²) in [7, 11) is 0. The van der Waals surface area contributed by atoms with Crippen molar-refractivity contribution in [3.8, 4) is 0 Å². The SMILES string of the molecule is C=CCOCC(N)C(N)=O. The summed E-state index contributed by atoms with van der Waals surface area (Å²) in [6, 6.07) is -0.708. The van der Waals surface area contributed by atoms with E-state index in [0.29, 0.717) is 6.61 Å². The highest BCUT2D eigenvalue weighted by Crippen LogP contribution is 1.80. The molecule has 0 radical (unpaired) electrons. The number of hydrogen-bond acceptors (Lipinski definition) is 3. The number of carbonyl (C=O) groups excluding carboxylic acids is 1. The summed E-state index contributed by atoms with van der Waals surface area (Å²) in [6.45, 7) is 3.96. The van der Waals surface area contributed by atoms with E-state index >= 15 is 0 Å². The average Bonchev–Trinajstić information content (AvgIpc) is 1.88. The lowest BCUT2D eigenvalue weighted by molar-refractivity contribution is -0.120. The maximum absolute atomic E-state index is 10.3. The predicted molar refractivity (Wildman–Crippen MR) is 38.2 cm³/mol. The smallest absolute Gasteiger partial charge is 0.236 e. The molecule has 1 unspecified atom stereocenters. The van der Waals surface area contributed by atoms with Gasteiger partial charge in [0.05, 0.1) is 13.2 Å². The van der Waals surface area contributed by atoms with Crippen molar-refractivity contribution in [1.29, 1.82) is 0 Å². The lowest BCUT2D eigenvalue weighted by Gasteiger charge is -2.05. The summed E-state index contributed by atoms with van der Waals surface area (Å²) in [4.78, 5) is 10.3. The molecule has 0 spiro atoms. The number of nitrogens with two attached hydrogens (primary N) is 2. The minimum atomic E-state index is -0.708. The molecule has 0 heterocycles. The van der Waals surface area contributed by atoms with E-state index in [1.807, 2.05) is 0 Å². The second-order valence-electron chi connectivity index (χ2n) is 1.83. The molecule has 0 aliphatic heterocycles. The molecule has 0 fully saturated rings. The Morgan fingerprint density at radius 3 is 2.80 bits per heavy atom. The second-order valence-corrected chi connectivity index (χ2v) is 1.83.